The third kappa shape index (κ3) is 5.91. The summed E-state index contributed by atoms with van der Waals surface area (Å²) in [5, 5.41) is 18.5. The maximum atomic E-state index is 13.1. The number of hydrogen-bond donors (Lipinski definition) is 3. The summed E-state index contributed by atoms with van der Waals surface area (Å²) in [6.07, 6.45) is -1.16. The number of ether oxygens (including phenoxy) is 2. The molecule has 3 atom stereocenters. The monoisotopic (exact) mass is 426 g/mol. The maximum absolute atomic E-state index is 13.1. The number of carbonyl (C=O) groups excluding carboxylic acids is 1. The number of aliphatic hydroxyl groups is 1. The van der Waals surface area contributed by atoms with Gasteiger partial charge in [0.15, 0.2) is 0 Å². The Morgan fingerprint density at radius 2 is 1.97 bits per heavy atom. The Hall–Kier alpha value is -2.16. The van der Waals surface area contributed by atoms with Gasteiger partial charge in [0, 0.05) is 6.54 Å². The standard InChI is InChI=1S/C19H26N2O7S/c1-13-12-21(17(14(2)28-13)18(22)20-24)29(25,26)16-8-6-15(7-9-16)27-11-5-10-19(3,4)23/h6-9,13-14,17,23-24H,11-12H2,1-4H3,(H,20,22)/t13-,14-,17+/m0/s1. The van der Waals surface area contributed by atoms with E-state index in [-0.39, 0.29) is 18.0 Å². The Morgan fingerprint density at radius 1 is 1.34 bits per heavy atom. The van der Waals surface area contributed by atoms with Crippen LogP contribution in [0.2, 0.25) is 0 Å². The van der Waals surface area contributed by atoms with Crippen molar-refractivity contribution < 1.29 is 33.0 Å². The van der Waals surface area contributed by atoms with Crippen LogP contribution in [-0.4, -0.2) is 65.9 Å². The molecular weight excluding hydrogens is 400 g/mol. The van der Waals surface area contributed by atoms with Gasteiger partial charge in [-0.25, -0.2) is 13.9 Å². The first-order valence-corrected chi connectivity index (χ1v) is 10.5. The van der Waals surface area contributed by atoms with Gasteiger partial charge in [-0.3, -0.25) is 10.0 Å². The summed E-state index contributed by atoms with van der Waals surface area (Å²) in [5.74, 6) is 4.82. The van der Waals surface area contributed by atoms with Crippen LogP contribution in [0, 0.1) is 11.8 Å². The molecule has 0 aliphatic carbocycles. The third-order valence-electron chi connectivity index (χ3n) is 4.15. The van der Waals surface area contributed by atoms with Crippen molar-refractivity contribution in [1.29, 1.82) is 0 Å². The molecule has 1 amide bonds. The first-order valence-electron chi connectivity index (χ1n) is 9.02. The van der Waals surface area contributed by atoms with E-state index in [0.717, 1.165) is 4.31 Å². The smallest absolute Gasteiger partial charge is 0.264 e. The summed E-state index contributed by atoms with van der Waals surface area (Å²) in [4.78, 5) is 12.0. The lowest BCUT2D eigenvalue weighted by molar-refractivity contribution is -0.146. The van der Waals surface area contributed by atoms with Crippen molar-refractivity contribution in [2.75, 3.05) is 13.2 Å². The molecule has 29 heavy (non-hydrogen) atoms. The molecule has 1 fully saturated rings. The molecule has 0 aromatic heterocycles. The van der Waals surface area contributed by atoms with Crippen molar-refractivity contribution in [3.63, 3.8) is 0 Å². The minimum absolute atomic E-state index is 0.0236. The fourth-order valence-electron chi connectivity index (χ4n) is 2.96. The molecule has 0 radical (unpaired) electrons. The zero-order valence-electron chi connectivity index (χ0n) is 16.7. The highest BCUT2D eigenvalue weighted by atomic mass is 32.2. The molecule has 0 unspecified atom stereocenters. The van der Waals surface area contributed by atoms with E-state index in [1.807, 2.05) is 0 Å². The average molecular weight is 426 g/mol. The second kappa shape index (κ2) is 9.11. The average Bonchev–Trinajstić information content (AvgIpc) is 2.63. The zero-order chi connectivity index (χ0) is 21.8. The maximum Gasteiger partial charge on any atom is 0.264 e. The van der Waals surface area contributed by atoms with Gasteiger partial charge in [0.2, 0.25) is 10.0 Å². The van der Waals surface area contributed by atoms with Gasteiger partial charge < -0.3 is 14.6 Å². The van der Waals surface area contributed by atoms with E-state index in [9.17, 15) is 18.3 Å². The van der Waals surface area contributed by atoms with Gasteiger partial charge in [0.05, 0.1) is 17.1 Å². The number of nitrogens with zero attached hydrogens (tertiary/aromatic N) is 1. The van der Waals surface area contributed by atoms with Crippen molar-refractivity contribution in [2.24, 2.45) is 0 Å². The second-order valence-electron chi connectivity index (χ2n) is 7.27. The molecule has 1 heterocycles. The molecule has 0 spiro atoms. The van der Waals surface area contributed by atoms with Crippen LogP contribution in [-0.2, 0) is 19.6 Å². The van der Waals surface area contributed by atoms with Crippen LogP contribution in [0.25, 0.3) is 0 Å². The van der Waals surface area contributed by atoms with Crippen LogP contribution in [0.15, 0.2) is 29.2 Å². The lowest BCUT2D eigenvalue weighted by atomic mass is 10.1. The van der Waals surface area contributed by atoms with Gasteiger partial charge in [-0.15, -0.1) is 0 Å². The molecule has 9 nitrogen and oxygen atoms in total. The second-order valence-corrected chi connectivity index (χ2v) is 9.16. The van der Waals surface area contributed by atoms with Gasteiger partial charge >= 0.3 is 0 Å². The van der Waals surface area contributed by atoms with Gasteiger partial charge in [0.1, 0.15) is 24.0 Å². The quantitative estimate of drug-likeness (QED) is 0.356. The van der Waals surface area contributed by atoms with E-state index in [2.05, 4.69) is 11.8 Å². The summed E-state index contributed by atoms with van der Waals surface area (Å²) in [6, 6.07) is 4.49. The van der Waals surface area contributed by atoms with E-state index in [0.29, 0.717) is 5.75 Å². The highest BCUT2D eigenvalue weighted by Crippen LogP contribution is 2.27. The third-order valence-corrected chi connectivity index (χ3v) is 6.01. The van der Waals surface area contributed by atoms with Gasteiger partial charge in [-0.1, -0.05) is 11.8 Å². The first kappa shape index (κ1) is 23.1. The topological polar surface area (TPSA) is 125 Å². The van der Waals surface area contributed by atoms with Crippen molar-refractivity contribution in [2.45, 2.75) is 56.4 Å². The number of benzene rings is 1. The number of nitrogens with one attached hydrogen (secondary N) is 1. The lowest BCUT2D eigenvalue weighted by Gasteiger charge is -2.40. The van der Waals surface area contributed by atoms with E-state index in [1.54, 1.807) is 27.7 Å². The summed E-state index contributed by atoms with van der Waals surface area (Å²) < 4.78 is 38.2. The molecule has 10 heteroatoms. The van der Waals surface area contributed by atoms with Crippen LogP contribution < -0.4 is 10.2 Å². The largest absolute Gasteiger partial charge is 0.481 e. The van der Waals surface area contributed by atoms with Crippen molar-refractivity contribution in [1.82, 2.24) is 9.79 Å². The summed E-state index contributed by atoms with van der Waals surface area (Å²) in [6.45, 7) is 6.39. The molecular formula is C19H26N2O7S. The van der Waals surface area contributed by atoms with E-state index in [4.69, 9.17) is 14.7 Å². The Morgan fingerprint density at radius 3 is 2.52 bits per heavy atom. The fraction of sp³-hybridized carbons (Fsp3) is 0.526. The Labute approximate surface area is 170 Å². The Bertz CT molecular complexity index is 882. The number of rotatable bonds is 5. The molecule has 1 aliphatic rings. The fourth-order valence-corrected chi connectivity index (χ4v) is 4.68. The zero-order valence-corrected chi connectivity index (χ0v) is 17.6. The molecule has 160 valence electrons. The predicted molar refractivity (Wildman–Crippen MR) is 104 cm³/mol. The number of hydrogen-bond acceptors (Lipinski definition) is 7. The number of morpholine rings is 1. The molecule has 1 aromatic rings. The van der Waals surface area contributed by atoms with Crippen molar-refractivity contribution in [3.8, 4) is 17.6 Å². The minimum Gasteiger partial charge on any atom is -0.481 e. The van der Waals surface area contributed by atoms with Crippen LogP contribution >= 0.6 is 0 Å². The Balaban J connectivity index is 2.20. The minimum atomic E-state index is -4.03. The first-order chi connectivity index (χ1) is 13.5. The molecule has 1 aliphatic heterocycles. The van der Waals surface area contributed by atoms with Crippen LogP contribution in [0.3, 0.4) is 0 Å². The van der Waals surface area contributed by atoms with Crippen molar-refractivity contribution in [3.05, 3.63) is 24.3 Å². The predicted octanol–water partition coefficient (Wildman–Crippen LogP) is 0.512. The summed E-state index contributed by atoms with van der Waals surface area (Å²) in [5.41, 5.74) is 0.386. The van der Waals surface area contributed by atoms with Crippen LogP contribution in [0.5, 0.6) is 5.75 Å². The molecule has 0 saturated carbocycles. The van der Waals surface area contributed by atoms with Gasteiger partial charge in [-0.05, 0) is 52.0 Å². The number of hydroxylamine groups is 1. The molecule has 1 aromatic carbocycles. The van der Waals surface area contributed by atoms with Crippen LogP contribution in [0.4, 0.5) is 0 Å². The van der Waals surface area contributed by atoms with E-state index >= 15 is 0 Å². The van der Waals surface area contributed by atoms with E-state index < -0.39 is 39.8 Å². The molecule has 3 N–H and O–H groups in total. The lowest BCUT2D eigenvalue weighted by Crippen LogP contribution is -2.60. The molecule has 2 rings (SSSR count). The SMILES string of the molecule is C[C@@H]1O[C@@H](C)CN(S(=O)(=O)c2ccc(OCC#CC(C)(C)O)cc2)[C@H]1C(=O)NO. The normalized spacial score (nSPS) is 23.0. The summed E-state index contributed by atoms with van der Waals surface area (Å²) in [7, 11) is -4.03. The summed E-state index contributed by atoms with van der Waals surface area (Å²) >= 11 is 0. The Kier molecular flexibility index (Phi) is 7.26. The van der Waals surface area contributed by atoms with E-state index in [1.165, 1.54) is 29.7 Å². The highest BCUT2D eigenvalue weighted by molar-refractivity contribution is 7.89. The van der Waals surface area contributed by atoms with Gasteiger partial charge in [0.25, 0.3) is 5.91 Å². The van der Waals surface area contributed by atoms with Crippen molar-refractivity contribution >= 4 is 15.9 Å². The molecule has 1 saturated heterocycles. The number of sulfonamides is 1. The number of carbonyl (C=O) groups is 1. The van der Waals surface area contributed by atoms with Crippen LogP contribution in [0.1, 0.15) is 27.7 Å². The molecule has 0 bridgehead atoms. The van der Waals surface area contributed by atoms with Gasteiger partial charge in [-0.2, -0.15) is 4.31 Å². The highest BCUT2D eigenvalue weighted by Gasteiger charge is 2.44. The number of amides is 1.